The molecule has 1 amide bonds. The topological polar surface area (TPSA) is 20.3 Å². The van der Waals surface area contributed by atoms with E-state index in [0.29, 0.717) is 17.4 Å². The first kappa shape index (κ1) is 23.4. The van der Waals surface area contributed by atoms with Crippen molar-refractivity contribution in [3.63, 3.8) is 0 Å². The lowest BCUT2D eigenvalue weighted by atomic mass is 9.64. The van der Waals surface area contributed by atoms with E-state index in [1.807, 2.05) is 30.3 Å². The Morgan fingerprint density at radius 3 is 2.38 bits per heavy atom. The summed E-state index contributed by atoms with van der Waals surface area (Å²) in [5.41, 5.74) is 1.91. The van der Waals surface area contributed by atoms with Gasteiger partial charge in [-0.25, -0.2) is 0 Å². The van der Waals surface area contributed by atoms with Crippen molar-refractivity contribution in [1.82, 2.24) is 4.90 Å². The maximum Gasteiger partial charge on any atom is 0.229 e. The van der Waals surface area contributed by atoms with Gasteiger partial charge in [0.1, 0.15) is 0 Å². The Kier molecular flexibility index (Phi) is 7.03. The molecule has 2 aliphatic rings. The number of carbonyl (C=O) groups excluding carboxylic acids is 1. The van der Waals surface area contributed by atoms with Crippen LogP contribution in [-0.2, 0) is 4.79 Å². The monoisotopic (exact) mass is 469 g/mol. The molecule has 1 saturated heterocycles. The molecule has 1 aliphatic heterocycles. The number of allylic oxidation sites excluding steroid dienone is 1. The summed E-state index contributed by atoms with van der Waals surface area (Å²) in [6.07, 6.45) is 7.60. The zero-order chi connectivity index (χ0) is 22.9. The Bertz CT molecular complexity index is 968. The molecule has 0 spiro atoms. The number of hydrogen-bond acceptors (Lipinski definition) is 1. The van der Waals surface area contributed by atoms with Crippen LogP contribution in [0.1, 0.15) is 75.5 Å². The SMILES string of the molecule is C=CCC1(CC)C[C@H](c2cccc(Cl)c2)[C@@H](c2ccc(Cl)cc2)N([C@H](CC)C2CC2)C1=O. The van der Waals surface area contributed by atoms with Gasteiger partial charge in [0, 0.05) is 22.0 Å². The van der Waals surface area contributed by atoms with Crippen molar-refractivity contribution in [1.29, 1.82) is 0 Å². The van der Waals surface area contributed by atoms with E-state index in [0.717, 1.165) is 29.8 Å². The van der Waals surface area contributed by atoms with Crippen LogP contribution in [0, 0.1) is 11.3 Å². The van der Waals surface area contributed by atoms with Gasteiger partial charge in [-0.3, -0.25) is 4.79 Å². The fourth-order valence-electron chi connectivity index (χ4n) is 5.79. The van der Waals surface area contributed by atoms with Gasteiger partial charge in [0.15, 0.2) is 0 Å². The molecule has 4 rings (SSSR count). The summed E-state index contributed by atoms with van der Waals surface area (Å²) in [5.74, 6) is 1.03. The number of halogens is 2. The van der Waals surface area contributed by atoms with Crippen LogP contribution in [0.15, 0.2) is 61.2 Å². The maximum atomic E-state index is 14.3. The van der Waals surface area contributed by atoms with Crippen LogP contribution in [0.25, 0.3) is 0 Å². The van der Waals surface area contributed by atoms with E-state index in [1.165, 1.54) is 18.4 Å². The minimum absolute atomic E-state index is 0.0340. The molecule has 4 atom stereocenters. The highest BCUT2D eigenvalue weighted by Crippen LogP contribution is 2.55. The van der Waals surface area contributed by atoms with Gasteiger partial charge < -0.3 is 4.90 Å². The van der Waals surface area contributed by atoms with Crippen LogP contribution in [0.5, 0.6) is 0 Å². The number of hydrogen-bond donors (Lipinski definition) is 0. The van der Waals surface area contributed by atoms with Crippen LogP contribution in [0.4, 0.5) is 0 Å². The lowest BCUT2D eigenvalue weighted by Crippen LogP contribution is -2.56. The van der Waals surface area contributed by atoms with Crippen molar-refractivity contribution < 1.29 is 4.79 Å². The Hall–Kier alpha value is -1.77. The molecule has 0 N–H and O–H groups in total. The van der Waals surface area contributed by atoms with E-state index in [9.17, 15) is 4.79 Å². The average molecular weight is 470 g/mol. The van der Waals surface area contributed by atoms with Gasteiger partial charge in [0.25, 0.3) is 0 Å². The van der Waals surface area contributed by atoms with Crippen molar-refractivity contribution in [2.45, 2.75) is 70.4 Å². The predicted octanol–water partition coefficient (Wildman–Crippen LogP) is 8.21. The van der Waals surface area contributed by atoms with E-state index in [4.69, 9.17) is 23.2 Å². The Balaban J connectivity index is 1.91. The zero-order valence-electron chi connectivity index (χ0n) is 19.1. The van der Waals surface area contributed by atoms with E-state index >= 15 is 0 Å². The second kappa shape index (κ2) is 9.61. The summed E-state index contributed by atoms with van der Waals surface area (Å²) in [7, 11) is 0. The number of likely N-dealkylation sites (tertiary alicyclic amines) is 1. The highest BCUT2D eigenvalue weighted by molar-refractivity contribution is 6.30. The highest BCUT2D eigenvalue weighted by Gasteiger charge is 2.54. The van der Waals surface area contributed by atoms with Gasteiger partial charge in [-0.2, -0.15) is 0 Å². The fraction of sp³-hybridized carbons (Fsp3) is 0.464. The highest BCUT2D eigenvalue weighted by atomic mass is 35.5. The smallest absolute Gasteiger partial charge is 0.229 e. The van der Waals surface area contributed by atoms with Crippen molar-refractivity contribution in [3.05, 3.63) is 82.4 Å². The predicted molar refractivity (Wildman–Crippen MR) is 134 cm³/mol. The molecule has 0 aromatic heterocycles. The van der Waals surface area contributed by atoms with Crippen molar-refractivity contribution >= 4 is 29.1 Å². The van der Waals surface area contributed by atoms with E-state index in [2.05, 4.69) is 49.6 Å². The first-order valence-electron chi connectivity index (χ1n) is 11.9. The third kappa shape index (κ3) is 4.37. The summed E-state index contributed by atoms with van der Waals surface area (Å²) in [4.78, 5) is 16.6. The molecule has 0 radical (unpaired) electrons. The second-order valence-electron chi connectivity index (χ2n) is 9.51. The van der Waals surface area contributed by atoms with Gasteiger partial charge in [0.2, 0.25) is 5.91 Å². The Morgan fingerprint density at radius 2 is 1.81 bits per heavy atom. The molecule has 2 aromatic carbocycles. The standard InChI is InChI=1S/C28H33Cl2NO/c1-4-16-28(6-3)18-24(21-8-7-9-23(30)17-21)26(20-12-14-22(29)15-13-20)31(27(28)32)25(5-2)19-10-11-19/h4,7-9,12-15,17,19,24-26H,1,5-6,10-11,16,18H2,2-3H3/t24-,25-,26-,28?/m1/s1. The van der Waals surface area contributed by atoms with Gasteiger partial charge in [0.05, 0.1) is 11.5 Å². The average Bonchev–Trinajstić information content (AvgIpc) is 3.63. The first-order valence-corrected chi connectivity index (χ1v) is 12.6. The Morgan fingerprint density at radius 1 is 1.09 bits per heavy atom. The summed E-state index contributed by atoms with van der Waals surface area (Å²) in [5, 5.41) is 1.45. The van der Waals surface area contributed by atoms with E-state index in [-0.39, 0.29) is 23.9 Å². The third-order valence-corrected chi connectivity index (χ3v) is 8.11. The Labute approximate surface area is 202 Å². The van der Waals surface area contributed by atoms with Crippen LogP contribution in [0.3, 0.4) is 0 Å². The molecule has 32 heavy (non-hydrogen) atoms. The molecule has 0 bridgehead atoms. The number of rotatable bonds is 8. The lowest BCUT2D eigenvalue weighted by molar-refractivity contribution is -0.157. The summed E-state index contributed by atoms with van der Waals surface area (Å²) < 4.78 is 0. The van der Waals surface area contributed by atoms with Gasteiger partial charge in [-0.1, -0.05) is 67.4 Å². The first-order chi connectivity index (χ1) is 15.4. The molecule has 2 nitrogen and oxygen atoms in total. The summed E-state index contributed by atoms with van der Waals surface area (Å²) in [6, 6.07) is 16.5. The normalized spacial score (nSPS) is 26.8. The van der Waals surface area contributed by atoms with Crippen LogP contribution in [0.2, 0.25) is 10.0 Å². The molecule has 1 aliphatic carbocycles. The maximum absolute atomic E-state index is 14.3. The minimum atomic E-state index is -0.431. The zero-order valence-corrected chi connectivity index (χ0v) is 20.6. The van der Waals surface area contributed by atoms with Gasteiger partial charge >= 0.3 is 0 Å². The largest absolute Gasteiger partial charge is 0.331 e. The fourth-order valence-corrected chi connectivity index (χ4v) is 6.11. The summed E-state index contributed by atoms with van der Waals surface area (Å²) in [6.45, 7) is 8.38. The van der Waals surface area contributed by atoms with Crippen LogP contribution in [-0.4, -0.2) is 16.8 Å². The molecule has 4 heteroatoms. The number of carbonyl (C=O) groups is 1. The molecule has 170 valence electrons. The lowest BCUT2D eigenvalue weighted by Gasteiger charge is -2.53. The minimum Gasteiger partial charge on any atom is -0.331 e. The van der Waals surface area contributed by atoms with Crippen molar-refractivity contribution in [2.24, 2.45) is 11.3 Å². The molecule has 2 fully saturated rings. The number of amides is 1. The molecule has 1 saturated carbocycles. The van der Waals surface area contributed by atoms with E-state index in [1.54, 1.807) is 0 Å². The van der Waals surface area contributed by atoms with Crippen molar-refractivity contribution in [2.75, 3.05) is 0 Å². The van der Waals surface area contributed by atoms with Crippen LogP contribution < -0.4 is 0 Å². The summed E-state index contributed by atoms with van der Waals surface area (Å²) >= 11 is 12.7. The third-order valence-electron chi connectivity index (χ3n) is 7.62. The second-order valence-corrected chi connectivity index (χ2v) is 10.4. The van der Waals surface area contributed by atoms with E-state index < -0.39 is 5.41 Å². The molecular weight excluding hydrogens is 437 g/mol. The van der Waals surface area contributed by atoms with Crippen LogP contribution >= 0.6 is 23.2 Å². The molecular formula is C28H33Cl2NO. The van der Waals surface area contributed by atoms with Gasteiger partial charge in [-0.15, -0.1) is 6.58 Å². The van der Waals surface area contributed by atoms with Crippen molar-refractivity contribution in [3.8, 4) is 0 Å². The number of benzene rings is 2. The molecule has 1 heterocycles. The van der Waals surface area contributed by atoms with Gasteiger partial charge in [-0.05, 0) is 79.8 Å². The number of nitrogens with zero attached hydrogens (tertiary/aromatic N) is 1. The quantitative estimate of drug-likeness (QED) is 0.356. The molecule has 1 unspecified atom stereocenters. The number of piperidine rings is 1. The molecule has 2 aromatic rings.